The second-order valence-corrected chi connectivity index (χ2v) is 5.50. The van der Waals surface area contributed by atoms with E-state index in [4.69, 9.17) is 4.74 Å². The summed E-state index contributed by atoms with van der Waals surface area (Å²) >= 11 is 3.49. The number of rotatable bonds is 4. The van der Waals surface area contributed by atoms with Crippen molar-refractivity contribution in [1.29, 1.82) is 0 Å². The molecular formula is C16H16BrF2NO. The second-order valence-electron chi connectivity index (χ2n) is 4.70. The maximum absolute atomic E-state index is 14.3. The quantitative estimate of drug-likeness (QED) is 0.879. The highest BCUT2D eigenvalue weighted by Gasteiger charge is 2.23. The predicted molar refractivity (Wildman–Crippen MR) is 82.7 cm³/mol. The molecule has 2 nitrogen and oxygen atoms in total. The fourth-order valence-corrected chi connectivity index (χ4v) is 2.80. The lowest BCUT2D eigenvalue weighted by molar-refractivity contribution is 0.403. The van der Waals surface area contributed by atoms with Gasteiger partial charge in [0.2, 0.25) is 0 Å². The lowest BCUT2D eigenvalue weighted by Crippen LogP contribution is -2.21. The molecule has 0 aliphatic rings. The first-order chi connectivity index (χ1) is 9.99. The maximum atomic E-state index is 14.3. The fraction of sp³-hybridized carbons (Fsp3) is 0.250. The Morgan fingerprint density at radius 2 is 1.81 bits per heavy atom. The highest BCUT2D eigenvalue weighted by molar-refractivity contribution is 9.10. The minimum absolute atomic E-state index is 0.0235. The molecule has 2 aromatic rings. The summed E-state index contributed by atoms with van der Waals surface area (Å²) in [6.45, 7) is 1.93. The maximum Gasteiger partial charge on any atom is 0.134 e. The van der Waals surface area contributed by atoms with Crippen molar-refractivity contribution in [2.45, 2.75) is 13.0 Å². The third kappa shape index (κ3) is 3.09. The summed E-state index contributed by atoms with van der Waals surface area (Å²) in [7, 11) is 3.04. The third-order valence-corrected chi connectivity index (χ3v) is 4.48. The molecule has 0 spiro atoms. The van der Waals surface area contributed by atoms with Gasteiger partial charge in [-0.3, -0.25) is 0 Å². The molecule has 5 heteroatoms. The summed E-state index contributed by atoms with van der Waals surface area (Å²) in [5, 5.41) is 2.97. The zero-order valence-electron chi connectivity index (χ0n) is 12.0. The van der Waals surface area contributed by atoms with Gasteiger partial charge in [-0.2, -0.15) is 0 Å². The van der Waals surface area contributed by atoms with Gasteiger partial charge >= 0.3 is 0 Å². The van der Waals surface area contributed by atoms with Gasteiger partial charge in [0, 0.05) is 22.2 Å². The number of hydrogen-bond acceptors (Lipinski definition) is 2. The van der Waals surface area contributed by atoms with E-state index in [-0.39, 0.29) is 11.3 Å². The van der Waals surface area contributed by atoms with Gasteiger partial charge in [0.25, 0.3) is 0 Å². The molecule has 1 atom stereocenters. The van der Waals surface area contributed by atoms with Crippen LogP contribution in [0.25, 0.3) is 0 Å². The Morgan fingerprint density at radius 1 is 1.19 bits per heavy atom. The van der Waals surface area contributed by atoms with Gasteiger partial charge in [-0.05, 0) is 25.1 Å². The van der Waals surface area contributed by atoms with Gasteiger partial charge in [-0.25, -0.2) is 8.78 Å². The average molecular weight is 356 g/mol. The Kier molecular flexibility index (Phi) is 4.96. The Morgan fingerprint density at radius 3 is 2.33 bits per heavy atom. The van der Waals surface area contributed by atoms with Crippen LogP contribution in [-0.4, -0.2) is 14.2 Å². The van der Waals surface area contributed by atoms with E-state index >= 15 is 0 Å². The molecule has 0 aliphatic heterocycles. The van der Waals surface area contributed by atoms with Crippen molar-refractivity contribution in [1.82, 2.24) is 5.32 Å². The van der Waals surface area contributed by atoms with Gasteiger partial charge in [0.05, 0.1) is 13.2 Å². The molecule has 21 heavy (non-hydrogen) atoms. The van der Waals surface area contributed by atoms with E-state index in [1.165, 1.54) is 19.2 Å². The van der Waals surface area contributed by atoms with Crippen molar-refractivity contribution in [2.75, 3.05) is 14.2 Å². The molecule has 0 aliphatic carbocycles. The predicted octanol–water partition coefficient (Wildman–Crippen LogP) is 4.35. The zero-order chi connectivity index (χ0) is 15.6. The van der Waals surface area contributed by atoms with Crippen LogP contribution in [0.15, 0.2) is 34.8 Å². The molecule has 2 aromatic carbocycles. The molecule has 0 bridgehead atoms. The number of nitrogens with one attached hydrogen (secondary N) is 1. The first-order valence-electron chi connectivity index (χ1n) is 6.44. The van der Waals surface area contributed by atoms with Crippen LogP contribution in [0.1, 0.15) is 22.7 Å². The van der Waals surface area contributed by atoms with Crippen molar-refractivity contribution in [2.24, 2.45) is 0 Å². The summed E-state index contributed by atoms with van der Waals surface area (Å²) in [6.07, 6.45) is 0. The number of aryl methyl sites for hydroxylation is 1. The molecule has 2 rings (SSSR count). The molecule has 0 saturated carbocycles. The van der Waals surface area contributed by atoms with Crippen LogP contribution in [-0.2, 0) is 0 Å². The molecule has 0 aromatic heterocycles. The van der Waals surface area contributed by atoms with Gasteiger partial charge < -0.3 is 10.1 Å². The zero-order valence-corrected chi connectivity index (χ0v) is 13.6. The highest BCUT2D eigenvalue weighted by Crippen LogP contribution is 2.34. The molecule has 0 saturated heterocycles. The van der Waals surface area contributed by atoms with Crippen molar-refractivity contribution >= 4 is 15.9 Å². The van der Waals surface area contributed by atoms with Crippen molar-refractivity contribution in [3.05, 3.63) is 63.1 Å². The largest absolute Gasteiger partial charge is 0.497 e. The van der Waals surface area contributed by atoms with Crippen LogP contribution in [0.4, 0.5) is 8.78 Å². The van der Waals surface area contributed by atoms with Gasteiger partial charge in [-0.1, -0.05) is 34.1 Å². The smallest absolute Gasteiger partial charge is 0.134 e. The third-order valence-electron chi connectivity index (χ3n) is 3.40. The standard InChI is InChI=1S/C16H16BrF2NO/c1-9-5-4-6-11(15(9)17)16(20-2)14-12(18)7-10(21-3)8-13(14)19/h4-8,16,20H,1-3H3. The molecule has 1 unspecified atom stereocenters. The Bertz CT molecular complexity index is 638. The summed E-state index contributed by atoms with van der Waals surface area (Å²) < 4.78 is 34.3. The summed E-state index contributed by atoms with van der Waals surface area (Å²) in [4.78, 5) is 0. The SMILES string of the molecule is CNC(c1cccc(C)c1Br)c1c(F)cc(OC)cc1F. The summed E-state index contributed by atoms with van der Waals surface area (Å²) in [5.41, 5.74) is 1.76. The van der Waals surface area contributed by atoms with Gasteiger partial charge in [0.1, 0.15) is 17.4 Å². The Hall–Kier alpha value is -1.46. The molecular weight excluding hydrogens is 340 g/mol. The van der Waals surface area contributed by atoms with Gasteiger partial charge in [-0.15, -0.1) is 0 Å². The monoisotopic (exact) mass is 355 g/mol. The van der Waals surface area contributed by atoms with Crippen LogP contribution in [0.3, 0.4) is 0 Å². The van der Waals surface area contributed by atoms with E-state index in [1.807, 2.05) is 25.1 Å². The van der Waals surface area contributed by atoms with E-state index < -0.39 is 17.7 Å². The van der Waals surface area contributed by atoms with E-state index in [0.29, 0.717) is 0 Å². The van der Waals surface area contributed by atoms with Crippen LogP contribution in [0, 0.1) is 18.6 Å². The number of methoxy groups -OCH3 is 1. The Balaban J connectivity index is 2.59. The van der Waals surface area contributed by atoms with Crippen molar-refractivity contribution in [3.8, 4) is 5.75 Å². The van der Waals surface area contributed by atoms with Gasteiger partial charge in [0.15, 0.2) is 0 Å². The highest BCUT2D eigenvalue weighted by atomic mass is 79.9. The molecule has 0 amide bonds. The number of ether oxygens (including phenoxy) is 1. The number of hydrogen-bond donors (Lipinski definition) is 1. The van der Waals surface area contributed by atoms with E-state index in [2.05, 4.69) is 21.2 Å². The first-order valence-corrected chi connectivity index (χ1v) is 7.24. The average Bonchev–Trinajstić information content (AvgIpc) is 2.46. The number of benzene rings is 2. The lowest BCUT2D eigenvalue weighted by atomic mass is 9.96. The second kappa shape index (κ2) is 6.54. The molecule has 0 fully saturated rings. The Labute approximate surface area is 131 Å². The van der Waals surface area contributed by atoms with Crippen LogP contribution >= 0.6 is 15.9 Å². The topological polar surface area (TPSA) is 21.3 Å². The lowest BCUT2D eigenvalue weighted by Gasteiger charge is -2.21. The normalized spacial score (nSPS) is 12.3. The molecule has 112 valence electrons. The van der Waals surface area contributed by atoms with Crippen LogP contribution < -0.4 is 10.1 Å². The molecule has 1 N–H and O–H groups in total. The summed E-state index contributed by atoms with van der Waals surface area (Å²) in [5.74, 6) is -1.12. The minimum atomic E-state index is -0.639. The number of halogens is 3. The minimum Gasteiger partial charge on any atom is -0.497 e. The summed E-state index contributed by atoms with van der Waals surface area (Å²) in [6, 6.07) is 7.41. The molecule has 0 heterocycles. The van der Waals surface area contributed by atoms with E-state index in [9.17, 15) is 8.78 Å². The van der Waals surface area contributed by atoms with E-state index in [0.717, 1.165) is 15.6 Å². The van der Waals surface area contributed by atoms with Crippen molar-refractivity contribution in [3.63, 3.8) is 0 Å². The fourth-order valence-electron chi connectivity index (χ4n) is 2.30. The molecule has 0 radical (unpaired) electrons. The van der Waals surface area contributed by atoms with Crippen LogP contribution in [0.5, 0.6) is 5.75 Å². The van der Waals surface area contributed by atoms with E-state index in [1.54, 1.807) is 7.05 Å². The van der Waals surface area contributed by atoms with Crippen LogP contribution in [0.2, 0.25) is 0 Å². The van der Waals surface area contributed by atoms with Crippen molar-refractivity contribution < 1.29 is 13.5 Å². The first kappa shape index (κ1) is 15.9.